The molecular weight excluding hydrogens is 1270 g/mol. The van der Waals surface area contributed by atoms with Gasteiger partial charge >= 0.3 is 60.6 Å². The Bertz CT molecular complexity index is 1050. The van der Waals surface area contributed by atoms with Crippen molar-refractivity contribution in [2.75, 3.05) is 106 Å². The topological polar surface area (TPSA) is 445 Å². The summed E-state index contributed by atoms with van der Waals surface area (Å²) in [4.78, 5) is 137. The molecule has 0 heterocycles. The largest absolute Gasteiger partial charge is 0.481 e. The van der Waals surface area contributed by atoms with Crippen molar-refractivity contribution in [3.05, 3.63) is 0 Å². The van der Waals surface area contributed by atoms with Gasteiger partial charge in [0.25, 0.3) is 0 Å². The SMILES string of the molecule is CBr.CBr.CCC(N)C(=O)O.CCCN(CCN(C)C)CCN(CC(=O)O)CC(=O)O.NCCBr.NCCBr.O=C(O)CBr.O=C(O)CBr.O=C=O.O=C=O.O=C=O.O=C=O.O=C=O. The molecule has 0 bridgehead atoms. The zero-order chi connectivity index (χ0) is 54.3. The number of carboxylic acid groups (broad SMARTS) is 5. The molecule has 0 rings (SSSR count). The highest BCUT2D eigenvalue weighted by atomic mass is 79.9. The molecule has 0 aromatic carbocycles. The Morgan fingerprint density at radius 2 is 0.719 bits per heavy atom. The zero-order valence-electron chi connectivity index (χ0n) is 35.9. The zero-order valence-corrected chi connectivity index (χ0v) is 45.4. The van der Waals surface area contributed by atoms with Crippen LogP contribution < -0.4 is 17.2 Å². The lowest BCUT2D eigenvalue weighted by Gasteiger charge is -2.26. The fourth-order valence-electron chi connectivity index (χ4n) is 2.05. The lowest BCUT2D eigenvalue weighted by Crippen LogP contribution is -2.42. The van der Waals surface area contributed by atoms with Crippen LogP contribution in [-0.4, -0.2) is 213 Å². The number of carboxylic acids is 5. The Morgan fingerprint density at radius 3 is 0.844 bits per heavy atom. The van der Waals surface area contributed by atoms with E-state index in [1.165, 1.54) is 4.90 Å². The molecule has 26 nitrogen and oxygen atoms in total. The predicted molar refractivity (Wildman–Crippen MR) is 246 cm³/mol. The van der Waals surface area contributed by atoms with Crippen molar-refractivity contribution < 1.29 is 97.5 Å². The standard InChI is InChI=1S/C13H27N3O4.C4H9NO2.2C2H6BrN.2C2H3BrO2.2CH3Br.5CO2/c1-4-5-15(7-6-14(2)3)8-9-16(10-12(17)18)11-13(19)20;1-2-3(5)4(6)7;2*3-1-2-4;2*3-1-2(4)5;2*1-2;5*2-1-3/h4-11H2,1-3H3,(H,17,18)(H,19,20);3H,2,5H2,1H3,(H,6,7);2*1-2,4H2;2*1H2,(H,4,5);2*1H3;;;;;. The van der Waals surface area contributed by atoms with Gasteiger partial charge in [-0.05, 0) is 45.1 Å². The molecule has 0 aliphatic rings. The van der Waals surface area contributed by atoms with Crippen LogP contribution in [0.15, 0.2) is 0 Å². The van der Waals surface area contributed by atoms with Crippen LogP contribution in [0.3, 0.4) is 0 Å². The summed E-state index contributed by atoms with van der Waals surface area (Å²) < 4.78 is 0. The molecule has 0 aliphatic heterocycles. The number of alkyl halides is 6. The number of aliphatic carboxylic acids is 5. The molecular formula is C32H60Br6N6O20. The van der Waals surface area contributed by atoms with Crippen molar-refractivity contribution in [3.8, 4) is 0 Å². The number of nitrogens with two attached hydrogens (primary N) is 3. The Labute approximate surface area is 421 Å². The van der Waals surface area contributed by atoms with E-state index in [0.29, 0.717) is 19.5 Å². The van der Waals surface area contributed by atoms with Crippen LogP contribution >= 0.6 is 95.6 Å². The molecule has 64 heavy (non-hydrogen) atoms. The molecule has 0 aliphatic carbocycles. The molecule has 0 aromatic rings. The Morgan fingerprint density at radius 1 is 0.500 bits per heavy atom. The third-order valence-corrected chi connectivity index (χ3v) is 5.93. The van der Waals surface area contributed by atoms with Crippen molar-refractivity contribution in [2.24, 2.45) is 17.2 Å². The van der Waals surface area contributed by atoms with Gasteiger partial charge in [0.05, 0.1) is 13.1 Å². The van der Waals surface area contributed by atoms with Gasteiger partial charge in [-0.3, -0.25) is 28.9 Å². The summed E-state index contributed by atoms with van der Waals surface area (Å²) in [5.74, 6) is -0.958. The van der Waals surface area contributed by atoms with Gasteiger partial charge in [-0.25, -0.2) is 0 Å². The van der Waals surface area contributed by atoms with Gasteiger partial charge in [0.1, 0.15) is 16.7 Å². The highest BCUT2D eigenvalue weighted by Gasteiger charge is 2.15. The smallest absolute Gasteiger partial charge is 0.373 e. The minimum absolute atomic E-state index is 0.0347. The quantitative estimate of drug-likeness (QED) is 0.0853. The first-order valence-electron chi connectivity index (χ1n) is 16.3. The first kappa shape index (κ1) is 95.2. The number of carbonyl (C=O) groups excluding carboxylic acids is 10. The van der Waals surface area contributed by atoms with Gasteiger partial charge < -0.3 is 52.5 Å². The van der Waals surface area contributed by atoms with Crippen LogP contribution in [0.2, 0.25) is 0 Å². The molecule has 0 spiro atoms. The van der Waals surface area contributed by atoms with Crippen LogP contribution in [-0.2, 0) is 71.9 Å². The molecule has 32 heteroatoms. The second-order valence-corrected chi connectivity index (χ2v) is 11.6. The predicted octanol–water partition coefficient (Wildman–Crippen LogP) is 0.256. The monoisotopic (exact) mass is 1320 g/mol. The minimum atomic E-state index is -0.999. The van der Waals surface area contributed by atoms with Crippen LogP contribution in [0.4, 0.5) is 0 Å². The maximum Gasteiger partial charge on any atom is 0.373 e. The van der Waals surface area contributed by atoms with E-state index >= 15 is 0 Å². The Hall–Kier alpha value is -3.11. The van der Waals surface area contributed by atoms with Crippen molar-refractivity contribution >= 4 is 156 Å². The number of likely N-dealkylation sites (N-methyl/N-ethyl adjacent to an activating group) is 1. The highest BCUT2D eigenvalue weighted by Crippen LogP contribution is 1.96. The van der Waals surface area contributed by atoms with Crippen LogP contribution in [0.1, 0.15) is 26.7 Å². The molecule has 0 saturated heterocycles. The summed E-state index contributed by atoms with van der Waals surface area (Å²) >= 11 is 17.5. The van der Waals surface area contributed by atoms with E-state index < -0.39 is 35.9 Å². The third-order valence-electron chi connectivity index (χ3n) is 4.06. The fourth-order valence-corrected chi connectivity index (χ4v) is 2.05. The molecule has 1 unspecified atom stereocenters. The van der Waals surface area contributed by atoms with E-state index in [1.54, 1.807) is 6.92 Å². The van der Waals surface area contributed by atoms with Crippen molar-refractivity contribution in [1.82, 2.24) is 14.7 Å². The molecule has 11 N–H and O–H groups in total. The van der Waals surface area contributed by atoms with E-state index in [9.17, 15) is 24.0 Å². The summed E-state index contributed by atoms with van der Waals surface area (Å²) in [6.45, 7) is 8.72. The average Bonchev–Trinajstić information content (AvgIpc) is 3.24. The highest BCUT2D eigenvalue weighted by molar-refractivity contribution is 9.10. The summed E-state index contributed by atoms with van der Waals surface area (Å²) in [6, 6.07) is -0.681. The maximum atomic E-state index is 10.7. The minimum Gasteiger partial charge on any atom is -0.481 e. The lowest BCUT2D eigenvalue weighted by atomic mass is 10.2. The number of nitrogens with zero attached hydrogens (tertiary/aromatic N) is 3. The Kier molecular flexibility index (Phi) is 160. The maximum absolute atomic E-state index is 10.7. The number of hydrogen-bond acceptors (Lipinski definition) is 21. The summed E-state index contributed by atoms with van der Waals surface area (Å²) in [7, 11) is 4.01. The molecule has 0 radical (unpaired) electrons. The summed E-state index contributed by atoms with van der Waals surface area (Å²) in [5.41, 5.74) is 15.0. The van der Waals surface area contributed by atoms with Crippen molar-refractivity contribution in [2.45, 2.75) is 32.7 Å². The van der Waals surface area contributed by atoms with E-state index in [2.05, 4.69) is 112 Å². The molecule has 1 atom stereocenters. The molecule has 0 amide bonds. The van der Waals surface area contributed by atoms with E-state index in [-0.39, 0.29) is 54.5 Å². The van der Waals surface area contributed by atoms with Crippen LogP contribution in [0.25, 0.3) is 0 Å². The first-order chi connectivity index (χ1) is 30.0. The van der Waals surface area contributed by atoms with Gasteiger partial charge in [-0.2, -0.15) is 47.9 Å². The molecule has 0 aromatic heterocycles. The second kappa shape index (κ2) is 108. The van der Waals surface area contributed by atoms with E-state index in [0.717, 1.165) is 49.8 Å². The van der Waals surface area contributed by atoms with Gasteiger partial charge in [-0.15, -0.1) is 0 Å². The summed E-state index contributed by atoms with van der Waals surface area (Å²) in [5, 5.41) is 42.9. The van der Waals surface area contributed by atoms with Gasteiger partial charge in [0.2, 0.25) is 0 Å². The molecule has 380 valence electrons. The number of carbonyl (C=O) groups is 5. The number of halogens is 6. The van der Waals surface area contributed by atoms with Gasteiger partial charge in [0.15, 0.2) is 0 Å². The van der Waals surface area contributed by atoms with Crippen LogP contribution in [0, 0.1) is 0 Å². The fraction of sp³-hybridized carbons (Fsp3) is 0.688. The average molecular weight is 1330 g/mol. The van der Waals surface area contributed by atoms with Gasteiger partial charge in [-0.1, -0.05) is 109 Å². The first-order valence-corrected chi connectivity index (χ1v) is 23.9. The molecule has 0 saturated carbocycles. The van der Waals surface area contributed by atoms with Crippen molar-refractivity contribution in [1.29, 1.82) is 0 Å². The second-order valence-electron chi connectivity index (χ2n) is 8.92. The van der Waals surface area contributed by atoms with Crippen molar-refractivity contribution in [3.63, 3.8) is 0 Å². The third kappa shape index (κ3) is 221. The normalized spacial score (nSPS) is 7.97. The lowest BCUT2D eigenvalue weighted by molar-refractivity contribution is -0.193. The molecule has 0 fully saturated rings. The van der Waals surface area contributed by atoms with E-state index in [1.807, 2.05) is 25.8 Å². The van der Waals surface area contributed by atoms with E-state index in [4.69, 9.17) is 90.7 Å². The van der Waals surface area contributed by atoms with Gasteiger partial charge in [0, 0.05) is 49.9 Å². The number of hydrogen-bond donors (Lipinski definition) is 8. The summed E-state index contributed by atoms with van der Waals surface area (Å²) in [6.07, 6.45) is 2.76. The van der Waals surface area contributed by atoms with Crippen LogP contribution in [0.5, 0.6) is 0 Å². The number of rotatable bonds is 18. The Balaban J connectivity index is -0.0000000449.